The van der Waals surface area contributed by atoms with Crippen molar-refractivity contribution >= 4 is 23.2 Å². The third kappa shape index (κ3) is 5.67. The standard InChI is InChI=1S/C17H25N5O2S/c1-12(2)16-19-14(10-25-16)9-21(4)17(24)20-15(13(3)23)5-7-22-8-6-18-11-22/h6,8,10-12,15H,5,7,9H2,1-4H3,(H,20,24). The van der Waals surface area contributed by atoms with Crippen molar-refractivity contribution < 1.29 is 9.59 Å². The molecule has 0 aliphatic heterocycles. The molecule has 2 aromatic heterocycles. The van der Waals surface area contributed by atoms with Gasteiger partial charge in [-0.15, -0.1) is 11.3 Å². The predicted octanol–water partition coefficient (Wildman–Crippen LogP) is 2.65. The number of amides is 2. The Morgan fingerprint density at radius 3 is 2.72 bits per heavy atom. The Hall–Kier alpha value is -2.22. The van der Waals surface area contributed by atoms with Gasteiger partial charge in [-0.3, -0.25) is 4.79 Å². The quantitative estimate of drug-likeness (QED) is 0.782. The van der Waals surface area contributed by atoms with Crippen LogP contribution in [0.1, 0.15) is 43.8 Å². The molecular weight excluding hydrogens is 338 g/mol. The average Bonchev–Trinajstić information content (AvgIpc) is 3.22. The van der Waals surface area contributed by atoms with Gasteiger partial charge in [0, 0.05) is 37.3 Å². The highest BCUT2D eigenvalue weighted by Gasteiger charge is 2.20. The van der Waals surface area contributed by atoms with Gasteiger partial charge in [-0.05, 0) is 13.3 Å². The monoisotopic (exact) mass is 363 g/mol. The number of rotatable bonds is 8. The lowest BCUT2D eigenvalue weighted by Crippen LogP contribution is -2.46. The van der Waals surface area contributed by atoms with Gasteiger partial charge in [-0.2, -0.15) is 0 Å². The van der Waals surface area contributed by atoms with E-state index >= 15 is 0 Å². The number of nitrogens with zero attached hydrogens (tertiary/aromatic N) is 4. The van der Waals surface area contributed by atoms with Crippen LogP contribution >= 0.6 is 11.3 Å². The van der Waals surface area contributed by atoms with Gasteiger partial charge in [-0.1, -0.05) is 13.8 Å². The fourth-order valence-electron chi connectivity index (χ4n) is 2.31. The first-order valence-corrected chi connectivity index (χ1v) is 9.17. The number of Topliss-reactive ketones (excluding diaryl/α,β-unsaturated/α-hetero) is 1. The van der Waals surface area contributed by atoms with Crippen molar-refractivity contribution in [3.63, 3.8) is 0 Å². The molecule has 7 nitrogen and oxygen atoms in total. The summed E-state index contributed by atoms with van der Waals surface area (Å²) in [7, 11) is 1.71. The summed E-state index contributed by atoms with van der Waals surface area (Å²) < 4.78 is 1.88. The molecule has 1 unspecified atom stereocenters. The van der Waals surface area contributed by atoms with Crippen LogP contribution in [-0.4, -0.2) is 44.3 Å². The summed E-state index contributed by atoms with van der Waals surface area (Å²) in [4.78, 5) is 34.3. The molecule has 2 heterocycles. The van der Waals surface area contributed by atoms with Gasteiger partial charge >= 0.3 is 6.03 Å². The zero-order valence-corrected chi connectivity index (χ0v) is 15.9. The number of carbonyl (C=O) groups excluding carboxylic acids is 2. The number of aromatic nitrogens is 3. The van der Waals surface area contributed by atoms with Crippen LogP contribution < -0.4 is 5.32 Å². The number of thiazole rings is 1. The van der Waals surface area contributed by atoms with E-state index in [1.807, 2.05) is 16.1 Å². The van der Waals surface area contributed by atoms with Crippen LogP contribution in [0.2, 0.25) is 0 Å². The van der Waals surface area contributed by atoms with Crippen molar-refractivity contribution in [2.75, 3.05) is 7.05 Å². The minimum atomic E-state index is -0.515. The summed E-state index contributed by atoms with van der Waals surface area (Å²) in [5, 5.41) is 5.84. The van der Waals surface area contributed by atoms with E-state index in [9.17, 15) is 9.59 Å². The number of hydrogen-bond donors (Lipinski definition) is 1. The van der Waals surface area contributed by atoms with Gasteiger partial charge in [0.15, 0.2) is 5.78 Å². The molecule has 1 atom stereocenters. The van der Waals surface area contributed by atoms with Crippen molar-refractivity contribution in [1.29, 1.82) is 0 Å². The molecule has 0 saturated heterocycles. The minimum Gasteiger partial charge on any atom is -0.337 e. The first kappa shape index (κ1) is 19.1. The van der Waals surface area contributed by atoms with Crippen LogP contribution in [0, 0.1) is 0 Å². The number of urea groups is 1. The SMILES string of the molecule is CC(=O)C(CCn1ccnc1)NC(=O)N(C)Cc1csc(C(C)C)n1. The van der Waals surface area contributed by atoms with Gasteiger partial charge in [0.05, 0.1) is 29.6 Å². The molecule has 0 fully saturated rings. The summed E-state index contributed by atoms with van der Waals surface area (Å²) in [6.45, 7) is 6.72. The van der Waals surface area contributed by atoms with Crippen molar-refractivity contribution in [2.24, 2.45) is 0 Å². The van der Waals surface area contributed by atoms with Crippen molar-refractivity contribution in [3.05, 3.63) is 34.8 Å². The van der Waals surface area contributed by atoms with E-state index in [-0.39, 0.29) is 11.8 Å². The largest absolute Gasteiger partial charge is 0.337 e. The summed E-state index contributed by atoms with van der Waals surface area (Å²) in [5.41, 5.74) is 0.865. The van der Waals surface area contributed by atoms with Gasteiger partial charge in [0.1, 0.15) is 0 Å². The highest BCUT2D eigenvalue weighted by molar-refractivity contribution is 7.09. The first-order valence-electron chi connectivity index (χ1n) is 8.29. The molecule has 0 radical (unpaired) electrons. The molecule has 25 heavy (non-hydrogen) atoms. The maximum Gasteiger partial charge on any atom is 0.318 e. The third-order valence-electron chi connectivity index (χ3n) is 3.83. The highest BCUT2D eigenvalue weighted by Crippen LogP contribution is 2.19. The first-order chi connectivity index (χ1) is 11.9. The molecule has 0 aliphatic rings. The number of aryl methyl sites for hydroxylation is 1. The number of hydrogen-bond acceptors (Lipinski definition) is 5. The smallest absolute Gasteiger partial charge is 0.318 e. The van der Waals surface area contributed by atoms with Crippen LogP contribution in [-0.2, 0) is 17.9 Å². The van der Waals surface area contributed by atoms with E-state index in [1.54, 1.807) is 35.8 Å². The summed E-state index contributed by atoms with van der Waals surface area (Å²) in [6, 6.07) is -0.788. The van der Waals surface area contributed by atoms with Crippen LogP contribution in [0.15, 0.2) is 24.1 Å². The second-order valence-corrected chi connectivity index (χ2v) is 7.28. The summed E-state index contributed by atoms with van der Waals surface area (Å²) in [5.74, 6) is 0.320. The lowest BCUT2D eigenvalue weighted by Gasteiger charge is -2.21. The molecular formula is C17H25N5O2S. The lowest BCUT2D eigenvalue weighted by atomic mass is 10.1. The number of nitrogens with one attached hydrogen (secondary N) is 1. The van der Waals surface area contributed by atoms with Crippen LogP contribution in [0.3, 0.4) is 0 Å². The fourth-order valence-corrected chi connectivity index (χ4v) is 3.13. The predicted molar refractivity (Wildman–Crippen MR) is 97.5 cm³/mol. The van der Waals surface area contributed by atoms with E-state index in [0.717, 1.165) is 10.7 Å². The van der Waals surface area contributed by atoms with Gasteiger partial charge in [0.25, 0.3) is 0 Å². The molecule has 0 aliphatic carbocycles. The lowest BCUT2D eigenvalue weighted by molar-refractivity contribution is -0.119. The summed E-state index contributed by atoms with van der Waals surface area (Å²) >= 11 is 1.60. The van der Waals surface area contributed by atoms with Gasteiger partial charge in [-0.25, -0.2) is 14.8 Å². The van der Waals surface area contributed by atoms with Crippen LogP contribution in [0.5, 0.6) is 0 Å². The number of ketones is 1. The summed E-state index contributed by atoms with van der Waals surface area (Å²) in [6.07, 6.45) is 5.74. The highest BCUT2D eigenvalue weighted by atomic mass is 32.1. The van der Waals surface area contributed by atoms with E-state index in [4.69, 9.17) is 0 Å². The topological polar surface area (TPSA) is 80.1 Å². The Kier molecular flexibility index (Phi) is 6.69. The Morgan fingerprint density at radius 2 is 2.16 bits per heavy atom. The molecule has 0 saturated carbocycles. The average molecular weight is 363 g/mol. The van der Waals surface area contributed by atoms with E-state index < -0.39 is 6.04 Å². The van der Waals surface area contributed by atoms with E-state index in [1.165, 1.54) is 6.92 Å². The molecule has 2 amide bonds. The zero-order chi connectivity index (χ0) is 18.4. The molecule has 2 aromatic rings. The van der Waals surface area contributed by atoms with Gasteiger partial charge < -0.3 is 14.8 Å². The maximum atomic E-state index is 12.4. The second-order valence-electron chi connectivity index (χ2n) is 6.39. The van der Waals surface area contributed by atoms with Crippen molar-refractivity contribution in [3.8, 4) is 0 Å². The van der Waals surface area contributed by atoms with E-state index in [0.29, 0.717) is 25.4 Å². The molecule has 1 N–H and O–H groups in total. The Labute approximate surface area is 152 Å². The molecule has 0 spiro atoms. The maximum absolute atomic E-state index is 12.4. The van der Waals surface area contributed by atoms with Crippen LogP contribution in [0.25, 0.3) is 0 Å². The molecule has 136 valence electrons. The Bertz CT molecular complexity index is 696. The fraction of sp³-hybridized carbons (Fsp3) is 0.529. The molecule has 0 bridgehead atoms. The third-order valence-corrected chi connectivity index (χ3v) is 5.03. The molecule has 8 heteroatoms. The van der Waals surface area contributed by atoms with E-state index in [2.05, 4.69) is 29.1 Å². The number of carbonyl (C=O) groups is 2. The van der Waals surface area contributed by atoms with Crippen molar-refractivity contribution in [1.82, 2.24) is 24.8 Å². The Balaban J connectivity index is 1.88. The zero-order valence-electron chi connectivity index (χ0n) is 15.1. The van der Waals surface area contributed by atoms with Gasteiger partial charge in [0.2, 0.25) is 0 Å². The minimum absolute atomic E-state index is 0.0578. The molecule has 2 rings (SSSR count). The van der Waals surface area contributed by atoms with Crippen LogP contribution in [0.4, 0.5) is 4.79 Å². The number of imidazole rings is 1. The normalized spacial score (nSPS) is 12.2. The Morgan fingerprint density at radius 1 is 1.40 bits per heavy atom. The second kappa shape index (κ2) is 8.75. The molecule has 0 aromatic carbocycles. The van der Waals surface area contributed by atoms with Crippen molar-refractivity contribution in [2.45, 2.75) is 52.2 Å².